The lowest BCUT2D eigenvalue weighted by atomic mass is 10.1. The molecule has 30 heavy (non-hydrogen) atoms. The molecule has 0 saturated heterocycles. The predicted molar refractivity (Wildman–Crippen MR) is 113 cm³/mol. The fraction of sp³-hybridized carbons (Fsp3) is 0.100. The minimum atomic E-state index is -0.651. The van der Waals surface area contributed by atoms with E-state index in [0.717, 1.165) is 11.6 Å². The Kier molecular flexibility index (Phi) is 7.97. The monoisotopic (exact) mass is 450 g/mol. The molecule has 0 radical (unpaired) electrons. The van der Waals surface area contributed by atoms with E-state index in [4.69, 9.17) is 33.0 Å². The molecule has 0 heterocycles. The average molecular weight is 451 g/mol. The van der Waals surface area contributed by atoms with Gasteiger partial charge in [0.1, 0.15) is 27.6 Å². The van der Waals surface area contributed by atoms with Gasteiger partial charge in [-0.2, -0.15) is 0 Å². The van der Waals surface area contributed by atoms with Crippen molar-refractivity contribution in [3.8, 4) is 11.5 Å². The number of ether oxygens (including phenoxy) is 1. The summed E-state index contributed by atoms with van der Waals surface area (Å²) < 4.78 is 5.68. The Hall–Kier alpha value is -3.36. The summed E-state index contributed by atoms with van der Waals surface area (Å²) in [5.74, 6) is 0.258. The van der Waals surface area contributed by atoms with Gasteiger partial charge in [-0.05, 0) is 36.8 Å². The summed E-state index contributed by atoms with van der Waals surface area (Å²) in [6.07, 6.45) is -0.193. The van der Waals surface area contributed by atoms with E-state index in [1.807, 2.05) is 37.3 Å². The topological polar surface area (TPSA) is 116 Å². The molecule has 0 spiro atoms. The van der Waals surface area contributed by atoms with Crippen molar-refractivity contribution in [1.82, 2.24) is 0 Å². The molecule has 0 saturated carbocycles. The van der Waals surface area contributed by atoms with Gasteiger partial charge < -0.3 is 9.84 Å². The highest BCUT2D eigenvalue weighted by Gasteiger charge is 2.15. The number of hydrogen-bond acceptors (Lipinski definition) is 6. The van der Waals surface area contributed by atoms with Crippen LogP contribution in [-0.2, 0) is 0 Å². The number of rotatable bonds is 5. The number of aromatic hydroxyl groups is 1. The van der Waals surface area contributed by atoms with E-state index < -0.39 is 9.85 Å². The summed E-state index contributed by atoms with van der Waals surface area (Å²) in [6, 6.07) is 17.6. The highest BCUT2D eigenvalue weighted by atomic mass is 35.5. The van der Waals surface area contributed by atoms with Gasteiger partial charge in [-0.3, -0.25) is 20.2 Å². The number of halogens is 2. The SMILES string of the molecule is CC(Oc1ccc(Cl)c([N+](=O)[O-])c1)c1ccccc1.O=[N+]([O-])c1cc(O)ccc1Cl. The van der Waals surface area contributed by atoms with Gasteiger partial charge in [-0.25, -0.2) is 0 Å². The minimum Gasteiger partial charge on any atom is -0.508 e. The maximum atomic E-state index is 10.8. The second kappa shape index (κ2) is 10.4. The number of hydrogen-bond donors (Lipinski definition) is 1. The summed E-state index contributed by atoms with van der Waals surface area (Å²) in [6.45, 7) is 1.88. The molecule has 8 nitrogen and oxygen atoms in total. The second-order valence-corrected chi connectivity index (χ2v) is 6.75. The maximum absolute atomic E-state index is 10.8. The lowest BCUT2D eigenvalue weighted by Crippen LogP contribution is -2.03. The van der Waals surface area contributed by atoms with Crippen LogP contribution in [0.25, 0.3) is 0 Å². The Balaban J connectivity index is 0.000000248. The van der Waals surface area contributed by atoms with E-state index in [1.54, 1.807) is 6.07 Å². The maximum Gasteiger partial charge on any atom is 0.291 e. The van der Waals surface area contributed by atoms with E-state index >= 15 is 0 Å². The fourth-order valence-corrected chi connectivity index (χ4v) is 2.72. The first kappa shape index (κ1) is 22.9. The fourth-order valence-electron chi connectivity index (χ4n) is 2.34. The molecule has 10 heteroatoms. The molecule has 3 rings (SSSR count). The molecule has 0 aliphatic heterocycles. The zero-order valence-corrected chi connectivity index (χ0v) is 17.1. The van der Waals surface area contributed by atoms with Gasteiger partial charge in [0.2, 0.25) is 0 Å². The van der Waals surface area contributed by atoms with Gasteiger partial charge in [0.05, 0.1) is 22.0 Å². The van der Waals surface area contributed by atoms with Crippen LogP contribution in [0.3, 0.4) is 0 Å². The van der Waals surface area contributed by atoms with Gasteiger partial charge in [0, 0.05) is 0 Å². The number of phenols is 1. The normalized spacial score (nSPS) is 11.0. The highest BCUT2D eigenvalue weighted by Crippen LogP contribution is 2.31. The van der Waals surface area contributed by atoms with Gasteiger partial charge >= 0.3 is 0 Å². The third-order valence-electron chi connectivity index (χ3n) is 3.82. The van der Waals surface area contributed by atoms with Crippen LogP contribution >= 0.6 is 23.2 Å². The molecule has 1 unspecified atom stereocenters. The van der Waals surface area contributed by atoms with Gasteiger partial charge in [-0.1, -0.05) is 53.5 Å². The third kappa shape index (κ3) is 6.33. The molecule has 0 aliphatic carbocycles. The Labute approximate surface area is 181 Å². The van der Waals surface area contributed by atoms with Crippen LogP contribution in [0.15, 0.2) is 66.7 Å². The summed E-state index contributed by atoms with van der Waals surface area (Å²) in [5.41, 5.74) is 0.561. The van der Waals surface area contributed by atoms with Crippen LogP contribution < -0.4 is 4.74 Å². The summed E-state index contributed by atoms with van der Waals surface area (Å²) in [4.78, 5) is 19.8. The molecule has 3 aromatic carbocycles. The molecular weight excluding hydrogens is 435 g/mol. The van der Waals surface area contributed by atoms with E-state index in [2.05, 4.69) is 0 Å². The standard InChI is InChI=1S/C14H12ClNO3.C6H4ClNO3/c1-10(11-5-3-2-4-6-11)19-12-7-8-13(15)14(9-12)16(17)18;7-5-2-1-4(9)3-6(5)8(10)11/h2-10H,1H3;1-3,9H. The zero-order chi connectivity index (χ0) is 22.3. The Morgan fingerprint density at radius 3 is 1.93 bits per heavy atom. The lowest BCUT2D eigenvalue weighted by molar-refractivity contribution is -0.384. The molecule has 0 bridgehead atoms. The first-order chi connectivity index (χ1) is 14.2. The van der Waals surface area contributed by atoms with Crippen molar-refractivity contribution in [1.29, 1.82) is 0 Å². The van der Waals surface area contributed by atoms with Crippen molar-refractivity contribution < 1.29 is 19.7 Å². The van der Waals surface area contributed by atoms with E-state index in [0.29, 0.717) is 5.75 Å². The quantitative estimate of drug-likeness (QED) is 0.357. The van der Waals surface area contributed by atoms with Gasteiger partial charge in [0.15, 0.2) is 0 Å². The summed E-state index contributed by atoms with van der Waals surface area (Å²) >= 11 is 11.2. The van der Waals surface area contributed by atoms with Crippen LogP contribution in [-0.4, -0.2) is 15.0 Å². The molecule has 156 valence electrons. The van der Waals surface area contributed by atoms with Crippen LogP contribution in [0.1, 0.15) is 18.6 Å². The number of nitrogens with zero attached hydrogens (tertiary/aromatic N) is 2. The number of phenolic OH excluding ortho intramolecular Hbond substituents is 1. The minimum absolute atomic E-state index is 0.0211. The van der Waals surface area contributed by atoms with E-state index in [-0.39, 0.29) is 33.3 Å². The predicted octanol–water partition coefficient (Wildman–Crippen LogP) is 6.34. The molecule has 0 aliphatic rings. The number of nitro benzene ring substituents is 2. The van der Waals surface area contributed by atoms with Crippen molar-refractivity contribution >= 4 is 34.6 Å². The molecule has 1 N–H and O–H groups in total. The van der Waals surface area contributed by atoms with Crippen LogP contribution in [0, 0.1) is 20.2 Å². The number of benzene rings is 3. The van der Waals surface area contributed by atoms with E-state index in [9.17, 15) is 20.2 Å². The van der Waals surface area contributed by atoms with Crippen molar-refractivity contribution in [3.63, 3.8) is 0 Å². The third-order valence-corrected chi connectivity index (χ3v) is 4.46. The van der Waals surface area contributed by atoms with Crippen molar-refractivity contribution in [3.05, 3.63) is 103 Å². The van der Waals surface area contributed by atoms with Gasteiger partial charge in [-0.15, -0.1) is 0 Å². The summed E-state index contributed by atoms with van der Waals surface area (Å²) in [5, 5.41) is 29.9. The first-order valence-corrected chi connectivity index (χ1v) is 9.23. The highest BCUT2D eigenvalue weighted by molar-refractivity contribution is 6.33. The lowest BCUT2D eigenvalue weighted by Gasteiger charge is -2.14. The van der Waals surface area contributed by atoms with Crippen LogP contribution in [0.5, 0.6) is 11.5 Å². The van der Waals surface area contributed by atoms with Crippen LogP contribution in [0.4, 0.5) is 11.4 Å². The van der Waals surface area contributed by atoms with Crippen molar-refractivity contribution in [2.24, 2.45) is 0 Å². The zero-order valence-electron chi connectivity index (χ0n) is 15.6. The Morgan fingerprint density at radius 2 is 1.40 bits per heavy atom. The Morgan fingerprint density at radius 1 is 0.867 bits per heavy atom. The largest absolute Gasteiger partial charge is 0.508 e. The molecule has 3 aromatic rings. The van der Waals surface area contributed by atoms with E-state index in [1.165, 1.54) is 24.3 Å². The summed E-state index contributed by atoms with van der Waals surface area (Å²) in [7, 11) is 0. The van der Waals surface area contributed by atoms with Gasteiger partial charge in [0.25, 0.3) is 11.4 Å². The molecule has 0 aromatic heterocycles. The van der Waals surface area contributed by atoms with Crippen LogP contribution in [0.2, 0.25) is 10.0 Å². The average Bonchev–Trinajstić information content (AvgIpc) is 2.72. The Bertz CT molecular complexity index is 1050. The number of nitro groups is 2. The molecule has 0 fully saturated rings. The molecular formula is C20H16Cl2N2O6. The molecule has 1 atom stereocenters. The smallest absolute Gasteiger partial charge is 0.291 e. The second-order valence-electron chi connectivity index (χ2n) is 5.93. The van der Waals surface area contributed by atoms with Crippen molar-refractivity contribution in [2.75, 3.05) is 0 Å². The molecule has 0 amide bonds. The first-order valence-electron chi connectivity index (χ1n) is 8.47. The van der Waals surface area contributed by atoms with Crippen molar-refractivity contribution in [2.45, 2.75) is 13.0 Å².